The van der Waals surface area contributed by atoms with Gasteiger partial charge in [0.15, 0.2) is 0 Å². The van der Waals surface area contributed by atoms with Gasteiger partial charge in [-0.05, 0) is 31.0 Å². The van der Waals surface area contributed by atoms with Crippen molar-refractivity contribution >= 4 is 39.5 Å². The largest absolute Gasteiger partial charge is 0.442 e. The number of rotatable bonds is 4. The molecule has 0 bridgehead atoms. The molecule has 1 saturated heterocycles. The van der Waals surface area contributed by atoms with E-state index in [1.165, 1.54) is 0 Å². The molecule has 2 amide bonds. The minimum atomic E-state index is -0.287. The monoisotopic (exact) mass is 372 g/mol. The number of carbonyl (C=O) groups excluding carboxylic acids is 2. The van der Waals surface area contributed by atoms with Crippen molar-refractivity contribution < 1.29 is 14.3 Å². The zero-order chi connectivity index (χ0) is 15.0. The highest BCUT2D eigenvalue weighted by atomic mass is 79.9. The number of nitrogens with one attached hydrogen (secondary N) is 1. The third-order valence-corrected chi connectivity index (χ3v) is 4.18. The van der Waals surface area contributed by atoms with Crippen LogP contribution in [-0.2, 0) is 4.74 Å². The molecule has 3 rings (SSSR count). The molecule has 0 radical (unpaired) electrons. The number of carbonyl (C=O) groups is 2. The molecule has 1 unspecified atom stereocenters. The standard InChI is InChI=1S/C14H14BrClN2O3/c15-9-3-8(4-10(16)5-9)13(19)17-6-12-7-18(11-1-2-11)14(20)21-12/h3-5,11-12H,1-2,6-7H2,(H,17,19). The van der Waals surface area contributed by atoms with E-state index < -0.39 is 0 Å². The van der Waals surface area contributed by atoms with Crippen LogP contribution in [-0.4, -0.2) is 42.1 Å². The molecule has 1 N–H and O–H groups in total. The third kappa shape index (κ3) is 3.49. The van der Waals surface area contributed by atoms with Gasteiger partial charge in [-0.3, -0.25) is 4.79 Å². The third-order valence-electron chi connectivity index (χ3n) is 3.51. The fraction of sp³-hybridized carbons (Fsp3) is 0.429. The van der Waals surface area contributed by atoms with Gasteiger partial charge in [0.2, 0.25) is 0 Å². The number of ether oxygens (including phenoxy) is 1. The highest BCUT2D eigenvalue weighted by Crippen LogP contribution is 2.30. The lowest BCUT2D eigenvalue weighted by Gasteiger charge is -2.11. The van der Waals surface area contributed by atoms with Crippen LogP contribution in [0.1, 0.15) is 23.2 Å². The Morgan fingerprint density at radius 1 is 1.43 bits per heavy atom. The number of halogens is 2. The van der Waals surface area contributed by atoms with Crippen molar-refractivity contribution in [2.45, 2.75) is 25.0 Å². The van der Waals surface area contributed by atoms with Crippen LogP contribution >= 0.6 is 27.5 Å². The van der Waals surface area contributed by atoms with Crippen molar-refractivity contribution in [1.29, 1.82) is 0 Å². The normalized spacial score (nSPS) is 21.3. The van der Waals surface area contributed by atoms with Crippen LogP contribution < -0.4 is 5.32 Å². The predicted molar refractivity (Wildman–Crippen MR) is 81.5 cm³/mol. The van der Waals surface area contributed by atoms with Gasteiger partial charge in [0.25, 0.3) is 5.91 Å². The second kappa shape index (κ2) is 5.85. The molecule has 1 atom stereocenters. The van der Waals surface area contributed by atoms with E-state index in [4.69, 9.17) is 16.3 Å². The summed E-state index contributed by atoms with van der Waals surface area (Å²) in [6.07, 6.45) is 1.53. The molecule has 1 aromatic carbocycles. The molecule has 2 fully saturated rings. The van der Waals surface area contributed by atoms with Crippen molar-refractivity contribution in [2.75, 3.05) is 13.1 Å². The van der Waals surface area contributed by atoms with Gasteiger partial charge in [-0.15, -0.1) is 0 Å². The van der Waals surface area contributed by atoms with Gasteiger partial charge >= 0.3 is 6.09 Å². The molecule has 1 aliphatic heterocycles. The summed E-state index contributed by atoms with van der Waals surface area (Å²) in [5, 5.41) is 3.26. The quantitative estimate of drug-likeness (QED) is 0.883. The Labute approximate surface area is 135 Å². The van der Waals surface area contributed by atoms with E-state index in [-0.39, 0.29) is 18.1 Å². The van der Waals surface area contributed by atoms with Crippen molar-refractivity contribution in [2.24, 2.45) is 0 Å². The summed E-state index contributed by atoms with van der Waals surface area (Å²) in [4.78, 5) is 25.5. The Hall–Kier alpha value is -1.27. The Morgan fingerprint density at radius 2 is 2.19 bits per heavy atom. The first-order valence-corrected chi connectivity index (χ1v) is 7.91. The van der Waals surface area contributed by atoms with E-state index in [2.05, 4.69) is 21.2 Å². The van der Waals surface area contributed by atoms with Gasteiger partial charge < -0.3 is 15.0 Å². The SMILES string of the molecule is O=C(NCC1CN(C2CC2)C(=O)O1)c1cc(Cl)cc(Br)c1. The molecule has 1 aromatic rings. The summed E-state index contributed by atoms with van der Waals surface area (Å²) in [6.45, 7) is 0.848. The first-order chi connectivity index (χ1) is 10.0. The summed E-state index contributed by atoms with van der Waals surface area (Å²) in [7, 11) is 0. The van der Waals surface area contributed by atoms with Gasteiger partial charge in [0, 0.05) is 21.1 Å². The molecule has 0 spiro atoms. The summed E-state index contributed by atoms with van der Waals surface area (Å²) in [5.41, 5.74) is 0.470. The first-order valence-electron chi connectivity index (χ1n) is 6.74. The highest BCUT2D eigenvalue weighted by molar-refractivity contribution is 9.10. The molecule has 1 saturated carbocycles. The summed E-state index contributed by atoms with van der Waals surface area (Å²) in [6, 6.07) is 5.34. The van der Waals surface area contributed by atoms with Crippen LogP contribution in [0.25, 0.3) is 0 Å². The zero-order valence-corrected chi connectivity index (χ0v) is 13.5. The summed E-state index contributed by atoms with van der Waals surface area (Å²) >= 11 is 9.21. The number of hydrogen-bond donors (Lipinski definition) is 1. The second-order valence-corrected chi connectivity index (χ2v) is 6.61. The molecule has 0 aromatic heterocycles. The predicted octanol–water partition coefficient (Wildman–Crippen LogP) is 2.82. The van der Waals surface area contributed by atoms with Crippen LogP contribution in [0.3, 0.4) is 0 Å². The maximum absolute atomic E-state index is 12.1. The van der Waals surface area contributed by atoms with E-state index in [0.717, 1.165) is 17.3 Å². The molecular weight excluding hydrogens is 360 g/mol. The van der Waals surface area contributed by atoms with Crippen molar-refractivity contribution in [1.82, 2.24) is 10.2 Å². The smallest absolute Gasteiger partial charge is 0.410 e. The van der Waals surface area contributed by atoms with Crippen molar-refractivity contribution in [3.8, 4) is 0 Å². The van der Waals surface area contributed by atoms with Crippen LogP contribution in [0.4, 0.5) is 4.79 Å². The Balaban J connectivity index is 1.55. The van der Waals surface area contributed by atoms with E-state index >= 15 is 0 Å². The van der Waals surface area contributed by atoms with Crippen LogP contribution in [0.15, 0.2) is 22.7 Å². The zero-order valence-electron chi connectivity index (χ0n) is 11.1. The first kappa shape index (κ1) is 14.7. The molecular formula is C14H14BrClN2O3. The summed E-state index contributed by atoms with van der Waals surface area (Å²) < 4.78 is 5.99. The van der Waals surface area contributed by atoms with E-state index in [1.54, 1.807) is 23.1 Å². The minimum absolute atomic E-state index is 0.237. The molecule has 2 aliphatic rings. The van der Waals surface area contributed by atoms with Crippen LogP contribution in [0.2, 0.25) is 5.02 Å². The number of amides is 2. The van der Waals surface area contributed by atoms with Crippen molar-refractivity contribution in [3.05, 3.63) is 33.3 Å². The van der Waals surface area contributed by atoms with Gasteiger partial charge in [-0.25, -0.2) is 4.79 Å². The van der Waals surface area contributed by atoms with Crippen LogP contribution in [0, 0.1) is 0 Å². The van der Waals surface area contributed by atoms with E-state index in [0.29, 0.717) is 29.7 Å². The van der Waals surface area contributed by atoms with Gasteiger partial charge in [-0.1, -0.05) is 27.5 Å². The Morgan fingerprint density at radius 3 is 2.86 bits per heavy atom. The highest BCUT2D eigenvalue weighted by Gasteiger charge is 2.40. The van der Waals surface area contributed by atoms with Gasteiger partial charge in [-0.2, -0.15) is 0 Å². The molecule has 1 heterocycles. The van der Waals surface area contributed by atoms with Gasteiger partial charge in [0.1, 0.15) is 6.10 Å². The molecule has 1 aliphatic carbocycles. The number of cyclic esters (lactones) is 1. The molecule has 21 heavy (non-hydrogen) atoms. The van der Waals surface area contributed by atoms with E-state index in [1.807, 2.05) is 0 Å². The number of nitrogens with zero attached hydrogens (tertiary/aromatic N) is 1. The average Bonchev–Trinajstić information content (AvgIpc) is 3.19. The van der Waals surface area contributed by atoms with Crippen molar-refractivity contribution in [3.63, 3.8) is 0 Å². The second-order valence-electron chi connectivity index (χ2n) is 5.26. The maximum atomic E-state index is 12.1. The average molecular weight is 374 g/mol. The topological polar surface area (TPSA) is 58.6 Å². The Kier molecular flexibility index (Phi) is 4.08. The lowest BCUT2D eigenvalue weighted by Crippen LogP contribution is -2.35. The number of benzene rings is 1. The molecule has 112 valence electrons. The Bertz CT molecular complexity index is 571. The lowest BCUT2D eigenvalue weighted by atomic mass is 10.2. The number of hydrogen-bond acceptors (Lipinski definition) is 3. The fourth-order valence-electron chi connectivity index (χ4n) is 2.33. The fourth-order valence-corrected chi connectivity index (χ4v) is 3.19. The maximum Gasteiger partial charge on any atom is 0.410 e. The lowest BCUT2D eigenvalue weighted by molar-refractivity contribution is 0.0914. The molecule has 5 nitrogen and oxygen atoms in total. The summed E-state index contributed by atoms with van der Waals surface area (Å²) in [5.74, 6) is -0.237. The van der Waals surface area contributed by atoms with Gasteiger partial charge in [0.05, 0.1) is 13.1 Å². The van der Waals surface area contributed by atoms with Crippen LogP contribution in [0.5, 0.6) is 0 Å². The minimum Gasteiger partial charge on any atom is -0.442 e. The van der Waals surface area contributed by atoms with E-state index in [9.17, 15) is 9.59 Å². The molecule has 7 heteroatoms.